The Morgan fingerprint density at radius 3 is 2.28 bits per heavy atom. The summed E-state index contributed by atoms with van der Waals surface area (Å²) in [6, 6.07) is 40.2. The van der Waals surface area contributed by atoms with Crippen molar-refractivity contribution in [3.05, 3.63) is 139 Å². The van der Waals surface area contributed by atoms with E-state index in [2.05, 4.69) is 108 Å². The smallest absolute Gasteiger partial charge is 0.227 e. The number of aryl methyl sites for hydroxylation is 1. The molecule has 0 radical (unpaired) electrons. The Bertz CT molecular complexity index is 2760. The van der Waals surface area contributed by atoms with Crippen molar-refractivity contribution < 1.29 is 4.42 Å². The van der Waals surface area contributed by atoms with Crippen LogP contribution in [0.4, 0.5) is 0 Å². The first-order chi connectivity index (χ1) is 23.3. The molecule has 6 aromatic carbocycles. The SMILES string of the molecule is C1=Cc2c(cc(-c3nc(-c4ccc5ccccc5c4)nc(-c4cccc5oc6ncccc6c45)n3)c3ccc4ccccc4c23)CC1. The number of benzene rings is 6. The minimum Gasteiger partial charge on any atom is -0.438 e. The molecule has 0 unspecified atom stereocenters. The van der Waals surface area contributed by atoms with Gasteiger partial charge in [0, 0.05) is 33.7 Å². The van der Waals surface area contributed by atoms with E-state index >= 15 is 0 Å². The van der Waals surface area contributed by atoms with Gasteiger partial charge in [-0.2, -0.15) is 0 Å². The van der Waals surface area contributed by atoms with E-state index in [-0.39, 0.29) is 0 Å². The summed E-state index contributed by atoms with van der Waals surface area (Å²) < 4.78 is 6.16. The van der Waals surface area contributed by atoms with Crippen LogP contribution in [0.15, 0.2) is 132 Å². The normalized spacial score (nSPS) is 12.9. The van der Waals surface area contributed by atoms with Gasteiger partial charge in [-0.3, -0.25) is 0 Å². The Labute approximate surface area is 269 Å². The second-order valence-electron chi connectivity index (χ2n) is 12.2. The topological polar surface area (TPSA) is 64.7 Å². The van der Waals surface area contributed by atoms with Gasteiger partial charge in [0.1, 0.15) is 5.58 Å². The van der Waals surface area contributed by atoms with E-state index in [1.165, 1.54) is 32.7 Å². The van der Waals surface area contributed by atoms with E-state index in [0.717, 1.165) is 56.7 Å². The van der Waals surface area contributed by atoms with Gasteiger partial charge in [0.05, 0.1) is 0 Å². The molecule has 0 saturated carbocycles. The third-order valence-corrected chi connectivity index (χ3v) is 9.42. The molecule has 0 spiro atoms. The maximum atomic E-state index is 6.16. The highest BCUT2D eigenvalue weighted by Crippen LogP contribution is 2.41. The van der Waals surface area contributed by atoms with Crippen molar-refractivity contribution >= 4 is 60.5 Å². The molecule has 5 nitrogen and oxygen atoms in total. The Kier molecular flexibility index (Phi) is 5.63. The van der Waals surface area contributed by atoms with Crippen LogP contribution >= 0.6 is 0 Å². The minimum absolute atomic E-state index is 0.597. The van der Waals surface area contributed by atoms with Crippen LogP contribution in [0.2, 0.25) is 0 Å². The zero-order valence-corrected chi connectivity index (χ0v) is 25.3. The molecule has 0 atom stereocenters. The number of furan rings is 1. The molecule has 0 saturated heterocycles. The van der Waals surface area contributed by atoms with Crippen LogP contribution in [0.1, 0.15) is 17.5 Å². The standard InChI is InChI=1S/C42H26N4O/c1-2-11-27-23-29(19-18-25(27)9-1)39-44-40(33-15-7-17-36-38(33)34-16-8-22-43-42(34)47-36)46-41(45-39)35-24-28-12-4-6-14-31(28)37-30-13-5-3-10-26(30)20-21-32(35)37/h1-3,5-11,13-24H,4,12H2. The van der Waals surface area contributed by atoms with Crippen LogP contribution in [0, 0.1) is 0 Å². The molecule has 0 fully saturated rings. The molecular formula is C42H26N4O. The fraction of sp³-hybridized carbons (Fsp3) is 0.0476. The molecule has 0 amide bonds. The lowest BCUT2D eigenvalue weighted by atomic mass is 9.86. The summed E-state index contributed by atoms with van der Waals surface area (Å²) in [5.41, 5.74) is 6.79. The average Bonchev–Trinajstić information content (AvgIpc) is 3.53. The van der Waals surface area contributed by atoms with Crippen molar-refractivity contribution in [3.63, 3.8) is 0 Å². The van der Waals surface area contributed by atoms with E-state index in [0.29, 0.717) is 23.2 Å². The molecule has 0 aliphatic heterocycles. The van der Waals surface area contributed by atoms with E-state index in [1.54, 1.807) is 6.20 Å². The van der Waals surface area contributed by atoms with Crippen molar-refractivity contribution in [1.82, 2.24) is 19.9 Å². The van der Waals surface area contributed by atoms with Crippen LogP contribution in [-0.2, 0) is 6.42 Å². The summed E-state index contributed by atoms with van der Waals surface area (Å²) in [7, 11) is 0. The summed E-state index contributed by atoms with van der Waals surface area (Å²) in [6.45, 7) is 0. The number of nitrogens with zero attached hydrogens (tertiary/aromatic N) is 4. The molecule has 3 aromatic heterocycles. The van der Waals surface area contributed by atoms with E-state index in [1.807, 2.05) is 24.3 Å². The Balaban J connectivity index is 1.30. The highest BCUT2D eigenvalue weighted by molar-refractivity contribution is 6.16. The highest BCUT2D eigenvalue weighted by atomic mass is 16.3. The zero-order chi connectivity index (χ0) is 30.9. The average molecular weight is 603 g/mol. The first kappa shape index (κ1) is 26.1. The number of hydrogen-bond acceptors (Lipinski definition) is 5. The van der Waals surface area contributed by atoms with Gasteiger partial charge in [-0.15, -0.1) is 0 Å². The largest absolute Gasteiger partial charge is 0.438 e. The fourth-order valence-electron chi connectivity index (χ4n) is 7.22. The minimum atomic E-state index is 0.597. The third kappa shape index (κ3) is 4.10. The van der Waals surface area contributed by atoms with E-state index in [9.17, 15) is 0 Å². The van der Waals surface area contributed by atoms with Crippen LogP contribution in [-0.4, -0.2) is 19.9 Å². The van der Waals surface area contributed by atoms with Crippen LogP contribution in [0.3, 0.4) is 0 Å². The molecule has 0 N–H and O–H groups in total. The van der Waals surface area contributed by atoms with Crippen LogP contribution < -0.4 is 0 Å². The van der Waals surface area contributed by atoms with Gasteiger partial charge in [0.25, 0.3) is 0 Å². The number of aromatic nitrogens is 4. The lowest BCUT2D eigenvalue weighted by molar-refractivity contribution is 0.654. The summed E-state index contributed by atoms with van der Waals surface area (Å²) in [4.78, 5) is 20.2. The van der Waals surface area contributed by atoms with Crippen molar-refractivity contribution in [3.8, 4) is 34.2 Å². The molecule has 47 heavy (non-hydrogen) atoms. The van der Waals surface area contributed by atoms with Crippen molar-refractivity contribution in [2.24, 2.45) is 0 Å². The molecule has 10 rings (SSSR count). The second-order valence-corrected chi connectivity index (χ2v) is 12.2. The molecule has 0 bridgehead atoms. The van der Waals surface area contributed by atoms with Crippen LogP contribution in [0.5, 0.6) is 0 Å². The molecule has 1 aliphatic rings. The predicted octanol–water partition coefficient (Wildman–Crippen LogP) is 10.6. The van der Waals surface area contributed by atoms with Gasteiger partial charge < -0.3 is 4.42 Å². The summed E-state index contributed by atoms with van der Waals surface area (Å²) in [6.07, 6.45) is 8.31. The number of fused-ring (bicyclic) bond motifs is 9. The first-order valence-electron chi connectivity index (χ1n) is 15.9. The highest BCUT2D eigenvalue weighted by Gasteiger charge is 2.21. The van der Waals surface area contributed by atoms with Crippen molar-refractivity contribution in [2.45, 2.75) is 12.8 Å². The van der Waals surface area contributed by atoms with Crippen LogP contribution in [0.25, 0.3) is 94.6 Å². The first-order valence-corrected chi connectivity index (χ1v) is 15.9. The number of hydrogen-bond donors (Lipinski definition) is 0. The van der Waals surface area contributed by atoms with Crippen molar-refractivity contribution in [2.75, 3.05) is 0 Å². The molecule has 220 valence electrons. The Hall–Kier alpha value is -6.20. The van der Waals surface area contributed by atoms with E-state index in [4.69, 9.17) is 19.4 Å². The molecule has 9 aromatic rings. The monoisotopic (exact) mass is 602 g/mol. The summed E-state index contributed by atoms with van der Waals surface area (Å²) in [5, 5.41) is 9.03. The number of rotatable bonds is 3. The molecular weight excluding hydrogens is 576 g/mol. The van der Waals surface area contributed by atoms with Gasteiger partial charge in [0.15, 0.2) is 17.5 Å². The van der Waals surface area contributed by atoms with Gasteiger partial charge in [0.2, 0.25) is 5.71 Å². The van der Waals surface area contributed by atoms with Crippen molar-refractivity contribution in [1.29, 1.82) is 0 Å². The summed E-state index contributed by atoms with van der Waals surface area (Å²) in [5.74, 6) is 1.88. The second kappa shape index (κ2) is 10.2. The van der Waals surface area contributed by atoms with Gasteiger partial charge >= 0.3 is 0 Å². The fourth-order valence-corrected chi connectivity index (χ4v) is 7.22. The number of pyridine rings is 1. The molecule has 5 heteroatoms. The van der Waals surface area contributed by atoms with Gasteiger partial charge in [-0.25, -0.2) is 19.9 Å². The Morgan fingerprint density at radius 2 is 1.34 bits per heavy atom. The lowest BCUT2D eigenvalue weighted by Gasteiger charge is -2.19. The van der Waals surface area contributed by atoms with E-state index < -0.39 is 0 Å². The molecule has 1 aliphatic carbocycles. The van der Waals surface area contributed by atoms with Gasteiger partial charge in [-0.1, -0.05) is 97.1 Å². The third-order valence-electron chi connectivity index (χ3n) is 9.42. The quantitative estimate of drug-likeness (QED) is 0.188. The zero-order valence-electron chi connectivity index (χ0n) is 25.3. The molecule has 3 heterocycles. The predicted molar refractivity (Wildman–Crippen MR) is 191 cm³/mol. The lowest BCUT2D eigenvalue weighted by Crippen LogP contribution is -2.03. The maximum Gasteiger partial charge on any atom is 0.227 e. The maximum absolute atomic E-state index is 6.16. The van der Waals surface area contributed by atoms with Gasteiger partial charge in [-0.05, 0) is 86.6 Å². The Morgan fingerprint density at radius 1 is 0.553 bits per heavy atom. The summed E-state index contributed by atoms with van der Waals surface area (Å²) >= 11 is 0. The number of allylic oxidation sites excluding steroid dienone is 1.